The van der Waals surface area contributed by atoms with E-state index in [1.54, 1.807) is 6.92 Å². The van der Waals surface area contributed by atoms with Gasteiger partial charge >= 0.3 is 0 Å². The number of hydrogen-bond donors (Lipinski definition) is 3. The molecule has 0 spiro atoms. The number of hydrogen-bond acceptors (Lipinski definition) is 5. The van der Waals surface area contributed by atoms with Gasteiger partial charge in [-0.05, 0) is 25.1 Å². The van der Waals surface area contributed by atoms with Gasteiger partial charge in [-0.2, -0.15) is 16.8 Å². The standard InChI is InChI=1S/C10H10N2O7S2/c1-6-2-10(13)12(11-6)7-3-8(20(14,15)16)5-9(4-7)21(17,18)19/h2-5,11H,1H3,(H,14,15,16)(H,17,18,19). The van der Waals surface area contributed by atoms with Crippen LogP contribution < -0.4 is 5.56 Å². The van der Waals surface area contributed by atoms with Gasteiger partial charge in [0.1, 0.15) is 0 Å². The molecule has 0 aliphatic rings. The zero-order valence-electron chi connectivity index (χ0n) is 10.5. The summed E-state index contributed by atoms with van der Waals surface area (Å²) in [6.07, 6.45) is 0. The van der Waals surface area contributed by atoms with Gasteiger partial charge in [-0.15, -0.1) is 0 Å². The molecule has 114 valence electrons. The van der Waals surface area contributed by atoms with E-state index in [9.17, 15) is 21.6 Å². The van der Waals surface area contributed by atoms with Crippen LogP contribution in [0.5, 0.6) is 0 Å². The van der Waals surface area contributed by atoms with Crippen molar-refractivity contribution in [3.63, 3.8) is 0 Å². The van der Waals surface area contributed by atoms with E-state index in [0.717, 1.165) is 16.8 Å². The Balaban J connectivity index is 2.85. The Morgan fingerprint density at radius 2 is 1.43 bits per heavy atom. The molecule has 0 radical (unpaired) electrons. The van der Waals surface area contributed by atoms with Gasteiger partial charge in [0.05, 0.1) is 15.5 Å². The zero-order valence-corrected chi connectivity index (χ0v) is 12.1. The summed E-state index contributed by atoms with van der Waals surface area (Å²) in [5, 5.41) is 2.57. The highest BCUT2D eigenvalue weighted by molar-refractivity contribution is 7.86. The van der Waals surface area contributed by atoms with Crippen LogP contribution in [0.2, 0.25) is 0 Å². The van der Waals surface area contributed by atoms with Gasteiger partial charge < -0.3 is 0 Å². The van der Waals surface area contributed by atoms with E-state index < -0.39 is 35.6 Å². The van der Waals surface area contributed by atoms with Crippen molar-refractivity contribution in [3.05, 3.63) is 40.3 Å². The second kappa shape index (κ2) is 4.80. The van der Waals surface area contributed by atoms with Crippen molar-refractivity contribution in [2.45, 2.75) is 16.7 Å². The smallest absolute Gasteiger partial charge is 0.294 e. The summed E-state index contributed by atoms with van der Waals surface area (Å²) in [6.45, 7) is 1.56. The van der Waals surface area contributed by atoms with Gasteiger partial charge in [0.15, 0.2) is 0 Å². The maximum absolute atomic E-state index is 11.7. The molecule has 1 aromatic heterocycles. The summed E-state index contributed by atoms with van der Waals surface area (Å²) in [4.78, 5) is 10.1. The molecule has 0 atom stereocenters. The second-order valence-electron chi connectivity index (χ2n) is 4.23. The van der Waals surface area contributed by atoms with Crippen molar-refractivity contribution in [3.8, 4) is 5.69 Å². The molecule has 0 unspecified atom stereocenters. The van der Waals surface area contributed by atoms with Crippen molar-refractivity contribution in [1.82, 2.24) is 9.78 Å². The first-order valence-corrected chi connectivity index (χ1v) is 8.25. The van der Waals surface area contributed by atoms with Gasteiger partial charge in [0.25, 0.3) is 25.8 Å². The zero-order chi connectivity index (χ0) is 16.0. The van der Waals surface area contributed by atoms with Gasteiger partial charge in [-0.1, -0.05) is 0 Å². The first-order chi connectivity index (χ1) is 9.48. The van der Waals surface area contributed by atoms with Crippen LogP contribution >= 0.6 is 0 Å². The lowest BCUT2D eigenvalue weighted by Crippen LogP contribution is -2.15. The molecule has 0 aliphatic heterocycles. The van der Waals surface area contributed by atoms with E-state index in [2.05, 4.69) is 5.10 Å². The molecular weight excluding hydrogens is 324 g/mol. The fourth-order valence-corrected chi connectivity index (χ4v) is 2.85. The van der Waals surface area contributed by atoms with Crippen molar-refractivity contribution < 1.29 is 25.9 Å². The van der Waals surface area contributed by atoms with Crippen LogP contribution in [-0.2, 0) is 20.2 Å². The predicted octanol–water partition coefficient (Wildman–Crippen LogP) is -0.0326. The Hall–Kier alpha value is -1.95. The fourth-order valence-electron chi connectivity index (χ4n) is 1.69. The Labute approximate surface area is 119 Å². The van der Waals surface area contributed by atoms with Gasteiger partial charge in [0, 0.05) is 11.8 Å². The minimum Gasteiger partial charge on any atom is -0.295 e. The predicted molar refractivity (Wildman–Crippen MR) is 70.8 cm³/mol. The fraction of sp³-hybridized carbons (Fsp3) is 0.100. The lowest BCUT2D eigenvalue weighted by molar-refractivity contribution is 0.481. The van der Waals surface area contributed by atoms with Crippen LogP contribution in [0.15, 0.2) is 38.9 Å². The third-order valence-corrected chi connectivity index (χ3v) is 4.23. The molecule has 0 fully saturated rings. The molecule has 2 aromatic rings. The number of nitrogens with zero attached hydrogens (tertiary/aromatic N) is 1. The maximum atomic E-state index is 11.7. The number of H-pyrrole nitrogens is 1. The molecule has 0 saturated carbocycles. The van der Waals surface area contributed by atoms with E-state index in [1.807, 2.05) is 0 Å². The van der Waals surface area contributed by atoms with Crippen LogP contribution in [0.25, 0.3) is 5.69 Å². The molecular formula is C10H10N2O7S2. The van der Waals surface area contributed by atoms with Crippen LogP contribution in [-0.4, -0.2) is 35.7 Å². The van der Waals surface area contributed by atoms with Crippen molar-refractivity contribution in [2.24, 2.45) is 0 Å². The van der Waals surface area contributed by atoms with E-state index in [0.29, 0.717) is 11.8 Å². The Kier molecular flexibility index (Phi) is 3.53. The van der Waals surface area contributed by atoms with Gasteiger partial charge in [-0.3, -0.25) is 19.0 Å². The summed E-state index contributed by atoms with van der Waals surface area (Å²) < 4.78 is 63.6. The summed E-state index contributed by atoms with van der Waals surface area (Å²) in [6, 6.07) is 3.56. The molecule has 2 rings (SSSR count). The van der Waals surface area contributed by atoms with Crippen molar-refractivity contribution >= 4 is 20.2 Å². The number of aromatic amines is 1. The highest BCUT2D eigenvalue weighted by Crippen LogP contribution is 2.20. The Morgan fingerprint density at radius 3 is 1.76 bits per heavy atom. The summed E-state index contributed by atoms with van der Waals surface area (Å²) in [5.41, 5.74) is -0.289. The van der Waals surface area contributed by atoms with Gasteiger partial charge in [-0.25, -0.2) is 4.68 Å². The molecule has 0 bridgehead atoms. The topological polar surface area (TPSA) is 147 Å². The van der Waals surface area contributed by atoms with E-state index >= 15 is 0 Å². The maximum Gasteiger partial charge on any atom is 0.294 e. The Bertz CT molecular complexity index is 917. The quantitative estimate of drug-likeness (QED) is 0.668. The summed E-state index contributed by atoms with van der Waals surface area (Å²) >= 11 is 0. The average Bonchev–Trinajstić information content (AvgIpc) is 2.65. The van der Waals surface area contributed by atoms with Crippen molar-refractivity contribution in [2.75, 3.05) is 0 Å². The van der Waals surface area contributed by atoms with Crippen LogP contribution in [0, 0.1) is 6.92 Å². The third kappa shape index (κ3) is 3.21. The lowest BCUT2D eigenvalue weighted by Gasteiger charge is -2.07. The first kappa shape index (κ1) is 15.4. The second-order valence-corrected chi connectivity index (χ2v) is 7.07. The van der Waals surface area contributed by atoms with E-state index in [-0.39, 0.29) is 5.69 Å². The number of benzene rings is 1. The van der Waals surface area contributed by atoms with E-state index in [1.165, 1.54) is 6.07 Å². The van der Waals surface area contributed by atoms with Crippen LogP contribution in [0.4, 0.5) is 0 Å². The normalized spacial score (nSPS) is 12.5. The number of rotatable bonds is 3. The first-order valence-electron chi connectivity index (χ1n) is 5.37. The average molecular weight is 334 g/mol. The molecule has 9 nitrogen and oxygen atoms in total. The molecule has 1 aromatic carbocycles. The van der Waals surface area contributed by atoms with Crippen LogP contribution in [0.3, 0.4) is 0 Å². The SMILES string of the molecule is Cc1cc(=O)n(-c2cc(S(=O)(=O)O)cc(S(=O)(=O)O)c2)[nH]1. The summed E-state index contributed by atoms with van der Waals surface area (Å²) in [7, 11) is -9.45. The molecule has 0 saturated heterocycles. The lowest BCUT2D eigenvalue weighted by atomic mass is 10.3. The molecule has 3 N–H and O–H groups in total. The van der Waals surface area contributed by atoms with E-state index in [4.69, 9.17) is 9.11 Å². The summed E-state index contributed by atoms with van der Waals surface area (Å²) in [5.74, 6) is 0. The number of aryl methyl sites for hydroxylation is 1. The monoisotopic (exact) mass is 334 g/mol. The number of nitrogens with one attached hydrogen (secondary N) is 1. The minimum atomic E-state index is -4.73. The molecule has 1 heterocycles. The third-order valence-electron chi connectivity index (χ3n) is 2.57. The highest BCUT2D eigenvalue weighted by atomic mass is 32.2. The molecule has 11 heteroatoms. The molecule has 21 heavy (non-hydrogen) atoms. The Morgan fingerprint density at radius 1 is 0.952 bits per heavy atom. The highest BCUT2D eigenvalue weighted by Gasteiger charge is 2.19. The van der Waals surface area contributed by atoms with Crippen LogP contribution in [0.1, 0.15) is 5.69 Å². The molecule has 0 aliphatic carbocycles. The minimum absolute atomic E-state index is 0.171. The van der Waals surface area contributed by atoms with Gasteiger partial charge in [0.2, 0.25) is 0 Å². The molecule has 0 amide bonds. The van der Waals surface area contributed by atoms with Crippen molar-refractivity contribution in [1.29, 1.82) is 0 Å². The number of aromatic nitrogens is 2. The largest absolute Gasteiger partial charge is 0.295 e.